The van der Waals surface area contributed by atoms with Crippen molar-refractivity contribution in [2.45, 2.75) is 6.92 Å². The van der Waals surface area contributed by atoms with Crippen molar-refractivity contribution in [2.75, 3.05) is 5.88 Å². The molecule has 1 N–H and O–H groups in total. The molecule has 0 aliphatic heterocycles. The molecule has 14 heavy (non-hydrogen) atoms. The minimum atomic E-state index is -0.260. The van der Waals surface area contributed by atoms with Crippen LogP contribution in [0.3, 0.4) is 0 Å². The second-order valence-corrected chi connectivity index (χ2v) is 3.07. The lowest BCUT2D eigenvalue weighted by Gasteiger charge is -2.05. The van der Waals surface area contributed by atoms with Gasteiger partial charge >= 0.3 is 0 Å². The SMILES string of the molecule is Cc1c(C(=O)CCl)ccc(C#N)c1O. The average Bonchev–Trinajstić information content (AvgIpc) is 2.21. The molecule has 4 heteroatoms. The third-order valence-corrected chi connectivity index (χ3v) is 2.22. The van der Waals surface area contributed by atoms with Crippen molar-refractivity contribution < 1.29 is 9.90 Å². The van der Waals surface area contributed by atoms with Crippen LogP contribution in [0, 0.1) is 18.3 Å². The molecule has 1 rings (SSSR count). The molecule has 0 radical (unpaired) electrons. The number of hydrogen-bond donors (Lipinski definition) is 1. The maximum atomic E-state index is 11.3. The van der Waals surface area contributed by atoms with Gasteiger partial charge in [0.1, 0.15) is 11.8 Å². The Morgan fingerprint density at radius 2 is 2.29 bits per heavy atom. The fourth-order valence-corrected chi connectivity index (χ4v) is 1.31. The van der Waals surface area contributed by atoms with Gasteiger partial charge in [0.2, 0.25) is 0 Å². The van der Waals surface area contributed by atoms with Gasteiger partial charge in [0.05, 0.1) is 11.4 Å². The molecule has 0 heterocycles. The molecule has 1 aromatic rings. The molecular formula is C10H8ClNO2. The monoisotopic (exact) mass is 209 g/mol. The molecule has 0 saturated carbocycles. The van der Waals surface area contributed by atoms with E-state index in [0.717, 1.165) is 0 Å². The summed E-state index contributed by atoms with van der Waals surface area (Å²) in [7, 11) is 0. The van der Waals surface area contributed by atoms with Crippen LogP contribution in [0.4, 0.5) is 0 Å². The maximum absolute atomic E-state index is 11.3. The number of nitriles is 1. The van der Waals surface area contributed by atoms with Crippen LogP contribution in [0.25, 0.3) is 0 Å². The average molecular weight is 210 g/mol. The lowest BCUT2D eigenvalue weighted by Crippen LogP contribution is -2.03. The molecule has 3 nitrogen and oxygen atoms in total. The van der Waals surface area contributed by atoms with Crippen LogP contribution in [0.2, 0.25) is 0 Å². The Labute approximate surface area is 86.5 Å². The number of Topliss-reactive ketones (excluding diaryl/α,β-unsaturated/α-hetero) is 1. The number of phenolic OH excluding ortho intramolecular Hbond substituents is 1. The zero-order valence-corrected chi connectivity index (χ0v) is 8.30. The molecule has 0 bridgehead atoms. The first-order chi connectivity index (χ1) is 6.61. The summed E-state index contributed by atoms with van der Waals surface area (Å²) >= 11 is 5.39. The number of ketones is 1. The van der Waals surface area contributed by atoms with Gasteiger partial charge in [0, 0.05) is 11.1 Å². The van der Waals surface area contributed by atoms with Gasteiger partial charge in [-0.3, -0.25) is 4.79 Å². The number of halogens is 1. The van der Waals surface area contributed by atoms with Gasteiger partial charge in [-0.1, -0.05) is 0 Å². The minimum absolute atomic E-state index is 0.133. The standard InChI is InChI=1S/C10H8ClNO2/c1-6-8(9(13)4-11)3-2-7(5-12)10(6)14/h2-3,14H,4H2,1H3. The molecule has 0 aliphatic carbocycles. The summed E-state index contributed by atoms with van der Waals surface area (Å²) in [5, 5.41) is 18.1. The molecule has 0 atom stereocenters. The van der Waals surface area contributed by atoms with E-state index in [2.05, 4.69) is 0 Å². The summed E-state index contributed by atoms with van der Waals surface area (Å²) in [6, 6.07) is 4.73. The summed E-state index contributed by atoms with van der Waals surface area (Å²) < 4.78 is 0. The Balaban J connectivity index is 3.33. The van der Waals surface area contributed by atoms with Crippen LogP contribution < -0.4 is 0 Å². The van der Waals surface area contributed by atoms with E-state index in [1.54, 1.807) is 6.92 Å². The summed E-state index contributed by atoms with van der Waals surface area (Å²) in [6.07, 6.45) is 0. The van der Waals surface area contributed by atoms with Gasteiger partial charge in [-0.2, -0.15) is 5.26 Å². The van der Waals surface area contributed by atoms with Crippen LogP contribution in [-0.2, 0) is 0 Å². The van der Waals surface area contributed by atoms with Crippen LogP contribution >= 0.6 is 11.6 Å². The first-order valence-electron chi connectivity index (χ1n) is 3.93. The van der Waals surface area contributed by atoms with Gasteiger partial charge in [-0.25, -0.2) is 0 Å². The number of hydrogen-bond acceptors (Lipinski definition) is 3. The molecule has 0 saturated heterocycles. The highest BCUT2D eigenvalue weighted by molar-refractivity contribution is 6.30. The largest absolute Gasteiger partial charge is 0.506 e. The fraction of sp³-hybridized carbons (Fsp3) is 0.200. The van der Waals surface area contributed by atoms with E-state index < -0.39 is 0 Å². The number of aromatic hydroxyl groups is 1. The smallest absolute Gasteiger partial charge is 0.177 e. The highest BCUT2D eigenvalue weighted by Gasteiger charge is 2.13. The van der Waals surface area contributed by atoms with E-state index in [1.807, 2.05) is 6.07 Å². The quantitative estimate of drug-likeness (QED) is 0.599. The number of carbonyl (C=O) groups is 1. The predicted octanol–water partition coefficient (Wildman–Crippen LogP) is 1.99. The van der Waals surface area contributed by atoms with Crippen molar-refractivity contribution in [1.82, 2.24) is 0 Å². The molecule has 1 aromatic carbocycles. The minimum Gasteiger partial charge on any atom is -0.506 e. The molecule has 0 unspecified atom stereocenters. The lowest BCUT2D eigenvalue weighted by atomic mass is 10.0. The fourth-order valence-electron chi connectivity index (χ4n) is 1.16. The van der Waals surface area contributed by atoms with E-state index in [9.17, 15) is 9.90 Å². The Hall–Kier alpha value is -1.53. The summed E-state index contributed by atoms with van der Waals surface area (Å²) in [5.74, 6) is -0.543. The van der Waals surface area contributed by atoms with Gasteiger partial charge in [0.15, 0.2) is 5.78 Å². The lowest BCUT2D eigenvalue weighted by molar-refractivity contribution is 0.102. The number of phenols is 1. The van der Waals surface area contributed by atoms with Gasteiger partial charge in [-0.15, -0.1) is 11.6 Å². The van der Waals surface area contributed by atoms with E-state index in [4.69, 9.17) is 16.9 Å². The van der Waals surface area contributed by atoms with Crippen LogP contribution in [0.1, 0.15) is 21.5 Å². The van der Waals surface area contributed by atoms with Gasteiger partial charge in [-0.05, 0) is 19.1 Å². The second-order valence-electron chi connectivity index (χ2n) is 2.80. The Bertz CT molecular complexity index is 421. The number of alkyl halides is 1. The van der Waals surface area contributed by atoms with Crippen molar-refractivity contribution >= 4 is 17.4 Å². The van der Waals surface area contributed by atoms with Gasteiger partial charge < -0.3 is 5.11 Å². The number of carbonyl (C=O) groups excluding carboxylic acids is 1. The van der Waals surface area contributed by atoms with Crippen LogP contribution in [-0.4, -0.2) is 16.8 Å². The molecule has 0 aliphatic rings. The second kappa shape index (κ2) is 4.12. The highest BCUT2D eigenvalue weighted by atomic mass is 35.5. The first-order valence-corrected chi connectivity index (χ1v) is 4.47. The molecule has 0 amide bonds. The first kappa shape index (κ1) is 10.6. The van der Waals surface area contributed by atoms with Crippen molar-refractivity contribution in [3.8, 4) is 11.8 Å². The van der Waals surface area contributed by atoms with E-state index >= 15 is 0 Å². The molecule has 72 valence electrons. The zero-order valence-electron chi connectivity index (χ0n) is 7.54. The third-order valence-electron chi connectivity index (χ3n) is 1.97. The topological polar surface area (TPSA) is 61.1 Å². The zero-order chi connectivity index (χ0) is 10.7. The Morgan fingerprint density at radius 3 is 2.79 bits per heavy atom. The van der Waals surface area contributed by atoms with Crippen molar-refractivity contribution in [3.05, 3.63) is 28.8 Å². The number of benzene rings is 1. The molecule has 0 fully saturated rings. The van der Waals surface area contributed by atoms with E-state index in [0.29, 0.717) is 11.1 Å². The van der Waals surface area contributed by atoms with Crippen LogP contribution in [0.15, 0.2) is 12.1 Å². The van der Waals surface area contributed by atoms with Crippen molar-refractivity contribution in [2.24, 2.45) is 0 Å². The van der Waals surface area contributed by atoms with E-state index in [-0.39, 0.29) is 23.0 Å². The maximum Gasteiger partial charge on any atom is 0.177 e. The number of rotatable bonds is 2. The summed E-state index contributed by atoms with van der Waals surface area (Å²) in [6.45, 7) is 1.58. The molecular weight excluding hydrogens is 202 g/mol. The molecule has 0 aromatic heterocycles. The Morgan fingerprint density at radius 1 is 1.64 bits per heavy atom. The molecule has 0 spiro atoms. The third kappa shape index (κ3) is 1.70. The predicted molar refractivity (Wildman–Crippen MR) is 52.6 cm³/mol. The summed E-state index contributed by atoms with van der Waals surface area (Å²) in [5.41, 5.74) is 0.917. The van der Waals surface area contributed by atoms with E-state index in [1.165, 1.54) is 12.1 Å². The van der Waals surface area contributed by atoms with Gasteiger partial charge in [0.25, 0.3) is 0 Å². The van der Waals surface area contributed by atoms with Crippen molar-refractivity contribution in [1.29, 1.82) is 5.26 Å². The highest BCUT2D eigenvalue weighted by Crippen LogP contribution is 2.24. The van der Waals surface area contributed by atoms with Crippen molar-refractivity contribution in [3.63, 3.8) is 0 Å². The van der Waals surface area contributed by atoms with Crippen LogP contribution in [0.5, 0.6) is 5.75 Å². The Kier molecular flexibility index (Phi) is 3.10. The summed E-state index contributed by atoms with van der Waals surface area (Å²) in [4.78, 5) is 11.3. The normalized spacial score (nSPS) is 9.50. The number of nitrogens with zero attached hydrogens (tertiary/aromatic N) is 1.